The maximum Gasteiger partial charge on any atom is 0.271 e. The molecule has 2 rings (SSSR count). The number of ether oxygens (including phenoxy) is 1. The van der Waals surface area contributed by atoms with Crippen molar-refractivity contribution in [3.05, 3.63) is 56.5 Å². The third kappa shape index (κ3) is 4.59. The SMILES string of the molecule is COc1ccc(Br)cc1CNc1cc([N+](=O)[O-])ccc1NCCO. The maximum absolute atomic E-state index is 11.0. The molecule has 0 amide bonds. The van der Waals surface area contributed by atoms with Crippen molar-refractivity contribution in [2.75, 3.05) is 30.9 Å². The molecular formula is C16H18BrN3O4. The topological polar surface area (TPSA) is 96.7 Å². The first-order valence-corrected chi connectivity index (χ1v) is 8.04. The lowest BCUT2D eigenvalue weighted by Gasteiger charge is -2.15. The van der Waals surface area contributed by atoms with E-state index in [4.69, 9.17) is 9.84 Å². The van der Waals surface area contributed by atoms with Crippen LogP contribution in [0.3, 0.4) is 0 Å². The van der Waals surface area contributed by atoms with E-state index in [1.165, 1.54) is 12.1 Å². The van der Waals surface area contributed by atoms with E-state index in [-0.39, 0.29) is 12.3 Å². The van der Waals surface area contributed by atoms with Gasteiger partial charge < -0.3 is 20.5 Å². The summed E-state index contributed by atoms with van der Waals surface area (Å²) >= 11 is 3.42. The van der Waals surface area contributed by atoms with Gasteiger partial charge in [0.05, 0.1) is 30.0 Å². The summed E-state index contributed by atoms with van der Waals surface area (Å²) in [6, 6.07) is 10.1. The van der Waals surface area contributed by atoms with Crippen molar-refractivity contribution in [2.45, 2.75) is 6.54 Å². The van der Waals surface area contributed by atoms with Crippen molar-refractivity contribution in [3.63, 3.8) is 0 Å². The fourth-order valence-corrected chi connectivity index (χ4v) is 2.62. The number of aliphatic hydroxyl groups excluding tert-OH is 1. The Balaban J connectivity index is 2.25. The Labute approximate surface area is 147 Å². The number of nitrogens with one attached hydrogen (secondary N) is 2. The van der Waals surface area contributed by atoms with Gasteiger partial charge in [0.2, 0.25) is 0 Å². The van der Waals surface area contributed by atoms with Crippen LogP contribution in [0.1, 0.15) is 5.56 Å². The number of benzene rings is 2. The molecule has 0 saturated carbocycles. The molecule has 24 heavy (non-hydrogen) atoms. The van der Waals surface area contributed by atoms with Crippen molar-refractivity contribution >= 4 is 33.0 Å². The third-order valence-corrected chi connectivity index (χ3v) is 3.85. The van der Waals surface area contributed by atoms with Gasteiger partial charge >= 0.3 is 0 Å². The first kappa shape index (κ1) is 18.0. The van der Waals surface area contributed by atoms with Gasteiger partial charge in [-0.3, -0.25) is 10.1 Å². The number of anilines is 2. The number of hydrogen-bond acceptors (Lipinski definition) is 6. The lowest BCUT2D eigenvalue weighted by molar-refractivity contribution is -0.384. The molecule has 8 heteroatoms. The first-order chi connectivity index (χ1) is 11.5. The van der Waals surface area contributed by atoms with E-state index < -0.39 is 4.92 Å². The molecule has 0 radical (unpaired) electrons. The molecule has 0 spiro atoms. The van der Waals surface area contributed by atoms with Gasteiger partial charge in [-0.2, -0.15) is 0 Å². The number of methoxy groups -OCH3 is 1. The second-order valence-corrected chi connectivity index (χ2v) is 5.86. The highest BCUT2D eigenvalue weighted by atomic mass is 79.9. The highest BCUT2D eigenvalue weighted by Crippen LogP contribution is 2.29. The maximum atomic E-state index is 11.0. The van der Waals surface area contributed by atoms with Crippen LogP contribution in [0.2, 0.25) is 0 Å². The molecular weight excluding hydrogens is 378 g/mol. The standard InChI is InChI=1S/C16H18BrN3O4/c1-24-16-5-2-12(17)8-11(16)10-19-15-9-13(20(22)23)3-4-14(15)18-6-7-21/h2-5,8-9,18-19,21H,6-7,10H2,1H3. The average molecular weight is 396 g/mol. The summed E-state index contributed by atoms with van der Waals surface area (Å²) in [5.41, 5.74) is 2.17. The van der Waals surface area contributed by atoms with Crippen LogP contribution in [0.15, 0.2) is 40.9 Å². The first-order valence-electron chi connectivity index (χ1n) is 7.24. The van der Waals surface area contributed by atoms with Crippen molar-refractivity contribution < 1.29 is 14.8 Å². The minimum Gasteiger partial charge on any atom is -0.496 e. The molecule has 7 nitrogen and oxygen atoms in total. The van der Waals surface area contributed by atoms with Crippen molar-refractivity contribution in [1.82, 2.24) is 0 Å². The largest absolute Gasteiger partial charge is 0.496 e. The van der Waals surface area contributed by atoms with Gasteiger partial charge in [-0.25, -0.2) is 0 Å². The van der Waals surface area contributed by atoms with Gasteiger partial charge in [0.25, 0.3) is 5.69 Å². The summed E-state index contributed by atoms with van der Waals surface area (Å²) in [6.45, 7) is 0.750. The smallest absolute Gasteiger partial charge is 0.271 e. The van der Waals surface area contributed by atoms with Gasteiger partial charge in [-0.05, 0) is 24.3 Å². The number of halogens is 1. The van der Waals surface area contributed by atoms with Gasteiger partial charge in [0.15, 0.2) is 0 Å². The van der Waals surface area contributed by atoms with Gasteiger partial charge in [-0.15, -0.1) is 0 Å². The second kappa shape index (κ2) is 8.51. The zero-order chi connectivity index (χ0) is 17.5. The monoisotopic (exact) mass is 395 g/mol. The molecule has 0 saturated heterocycles. The number of nitro benzene ring substituents is 1. The van der Waals surface area contributed by atoms with Gasteiger partial charge in [-0.1, -0.05) is 15.9 Å². The number of nitrogens with zero attached hydrogens (tertiary/aromatic N) is 1. The fraction of sp³-hybridized carbons (Fsp3) is 0.250. The summed E-state index contributed by atoms with van der Waals surface area (Å²) in [4.78, 5) is 10.5. The van der Waals surface area contributed by atoms with Crippen LogP contribution in [-0.2, 0) is 6.54 Å². The van der Waals surface area contributed by atoms with Crippen LogP contribution in [0.25, 0.3) is 0 Å². The van der Waals surface area contributed by atoms with Crippen LogP contribution in [-0.4, -0.2) is 30.3 Å². The Morgan fingerprint density at radius 2 is 2.00 bits per heavy atom. The number of hydrogen-bond donors (Lipinski definition) is 3. The molecule has 0 aliphatic heterocycles. The summed E-state index contributed by atoms with van der Waals surface area (Å²) in [5.74, 6) is 0.723. The molecule has 0 aliphatic carbocycles. The third-order valence-electron chi connectivity index (χ3n) is 3.35. The van der Waals surface area contributed by atoms with E-state index in [1.807, 2.05) is 18.2 Å². The molecule has 128 valence electrons. The van der Waals surface area contributed by atoms with E-state index in [9.17, 15) is 10.1 Å². The predicted molar refractivity (Wildman–Crippen MR) is 96.7 cm³/mol. The van der Waals surface area contributed by atoms with E-state index >= 15 is 0 Å². The van der Waals surface area contributed by atoms with Crippen molar-refractivity contribution in [2.24, 2.45) is 0 Å². The lowest BCUT2D eigenvalue weighted by Crippen LogP contribution is -2.09. The molecule has 0 aliphatic rings. The molecule has 0 bridgehead atoms. The minimum absolute atomic E-state index is 0.00624. The lowest BCUT2D eigenvalue weighted by atomic mass is 10.2. The molecule has 0 aromatic heterocycles. The zero-order valence-corrected chi connectivity index (χ0v) is 14.7. The summed E-state index contributed by atoms with van der Waals surface area (Å²) < 4.78 is 6.24. The highest BCUT2D eigenvalue weighted by Gasteiger charge is 2.12. The van der Waals surface area contributed by atoms with Crippen molar-refractivity contribution in [1.29, 1.82) is 0 Å². The molecule has 2 aromatic rings. The Morgan fingerprint density at radius 3 is 2.67 bits per heavy atom. The molecule has 0 atom stereocenters. The van der Waals surface area contributed by atoms with Crippen molar-refractivity contribution in [3.8, 4) is 5.75 Å². The van der Waals surface area contributed by atoms with Crippen LogP contribution in [0.4, 0.5) is 17.1 Å². The number of nitro groups is 1. The molecule has 0 fully saturated rings. The second-order valence-electron chi connectivity index (χ2n) is 4.95. The van der Waals surface area contributed by atoms with Gasteiger partial charge in [0.1, 0.15) is 5.75 Å². The molecule has 0 heterocycles. The normalized spacial score (nSPS) is 10.3. The summed E-state index contributed by atoms with van der Waals surface area (Å²) in [7, 11) is 1.59. The Hall–Kier alpha value is -2.32. The van der Waals surface area contributed by atoms with Gasteiger partial charge in [0, 0.05) is 35.3 Å². The van der Waals surface area contributed by atoms with Crippen LogP contribution in [0.5, 0.6) is 5.75 Å². The number of aliphatic hydroxyl groups is 1. The highest BCUT2D eigenvalue weighted by molar-refractivity contribution is 9.10. The Kier molecular flexibility index (Phi) is 6.39. The van der Waals surface area contributed by atoms with E-state index in [0.29, 0.717) is 24.5 Å². The minimum atomic E-state index is -0.444. The predicted octanol–water partition coefficient (Wildman–Crippen LogP) is 3.38. The summed E-state index contributed by atoms with van der Waals surface area (Å²) in [6.07, 6.45) is 0. The van der Waals surface area contributed by atoms with Crippen LogP contribution in [0, 0.1) is 10.1 Å². The quantitative estimate of drug-likeness (QED) is 0.468. The number of rotatable bonds is 8. The molecule has 2 aromatic carbocycles. The van der Waals surface area contributed by atoms with E-state index in [2.05, 4.69) is 26.6 Å². The average Bonchev–Trinajstić information content (AvgIpc) is 2.58. The fourth-order valence-electron chi connectivity index (χ4n) is 2.21. The van der Waals surface area contributed by atoms with E-state index in [1.54, 1.807) is 13.2 Å². The van der Waals surface area contributed by atoms with Crippen LogP contribution >= 0.6 is 15.9 Å². The Morgan fingerprint density at radius 1 is 1.21 bits per heavy atom. The number of non-ortho nitro benzene ring substituents is 1. The Bertz CT molecular complexity index is 724. The molecule has 3 N–H and O–H groups in total. The summed E-state index contributed by atoms with van der Waals surface area (Å²) in [5, 5.41) is 26.2. The van der Waals surface area contributed by atoms with E-state index in [0.717, 1.165) is 15.8 Å². The molecule has 0 unspecified atom stereocenters. The zero-order valence-electron chi connectivity index (χ0n) is 13.1. The van der Waals surface area contributed by atoms with Crippen LogP contribution < -0.4 is 15.4 Å².